The van der Waals surface area contributed by atoms with E-state index in [1.165, 1.54) is 11.8 Å². The van der Waals surface area contributed by atoms with E-state index in [0.717, 1.165) is 5.56 Å². The van der Waals surface area contributed by atoms with E-state index in [4.69, 9.17) is 18.8 Å². The Hall–Kier alpha value is -3.11. The molecule has 3 rings (SSSR count). The van der Waals surface area contributed by atoms with Gasteiger partial charge in [-0.3, -0.25) is 4.68 Å². The lowest BCUT2D eigenvalue weighted by atomic mass is 9.77. The van der Waals surface area contributed by atoms with Crippen LogP contribution in [0.1, 0.15) is 49.3 Å². The summed E-state index contributed by atoms with van der Waals surface area (Å²) >= 11 is 0. The number of amides is 1. The lowest BCUT2D eigenvalue weighted by molar-refractivity contribution is 0.00578. The fourth-order valence-corrected chi connectivity index (χ4v) is 3.25. The smallest absolute Gasteiger partial charge is 0.464 e. The quantitative estimate of drug-likeness (QED) is 0.506. The van der Waals surface area contributed by atoms with Crippen molar-refractivity contribution in [2.75, 3.05) is 13.7 Å². The normalized spacial score (nSPS) is 17.0. The number of esters is 1. The number of hydrogen-bond donors (Lipinski definition) is 1. The van der Waals surface area contributed by atoms with Crippen LogP contribution in [0.15, 0.2) is 42.0 Å². The van der Waals surface area contributed by atoms with Gasteiger partial charge < -0.3 is 24.1 Å². The van der Waals surface area contributed by atoms with E-state index in [-0.39, 0.29) is 18.8 Å². The zero-order valence-electron chi connectivity index (χ0n) is 19.9. The number of rotatable bonds is 7. The molecule has 0 radical (unpaired) electrons. The molecule has 0 bridgehead atoms. The first-order valence-electron chi connectivity index (χ1n) is 10.6. The first-order chi connectivity index (χ1) is 15.5. The van der Waals surface area contributed by atoms with Crippen LogP contribution in [-0.2, 0) is 32.4 Å². The van der Waals surface area contributed by atoms with Gasteiger partial charge in [-0.15, -0.1) is 0 Å². The van der Waals surface area contributed by atoms with Crippen LogP contribution in [0.25, 0.3) is 6.08 Å². The monoisotopic (exact) mass is 455 g/mol. The topological polar surface area (TPSA) is 101 Å². The van der Waals surface area contributed by atoms with Gasteiger partial charge in [0.25, 0.3) is 0 Å². The summed E-state index contributed by atoms with van der Waals surface area (Å²) in [5.74, 6) is -0.523. The number of hydrogen-bond acceptors (Lipinski definition) is 7. The highest BCUT2D eigenvalue weighted by atomic mass is 16.7. The molecule has 1 aliphatic heterocycles. The van der Waals surface area contributed by atoms with Crippen molar-refractivity contribution in [2.45, 2.75) is 45.5 Å². The Morgan fingerprint density at radius 3 is 2.39 bits per heavy atom. The van der Waals surface area contributed by atoms with Crippen molar-refractivity contribution in [3.05, 3.63) is 58.8 Å². The predicted octanol–water partition coefficient (Wildman–Crippen LogP) is 3.15. The molecule has 33 heavy (non-hydrogen) atoms. The molecular weight excluding hydrogens is 425 g/mol. The zero-order chi connectivity index (χ0) is 24.2. The van der Waals surface area contributed by atoms with Crippen LogP contribution in [-0.4, -0.2) is 53.8 Å². The van der Waals surface area contributed by atoms with E-state index in [2.05, 4.69) is 10.4 Å². The van der Waals surface area contributed by atoms with Crippen LogP contribution >= 0.6 is 0 Å². The number of carbonyl (C=O) groups excluding carboxylic acids is 2. The van der Waals surface area contributed by atoms with Gasteiger partial charge in [-0.25, -0.2) is 9.59 Å². The number of carbonyl (C=O) groups is 2. The van der Waals surface area contributed by atoms with Crippen LogP contribution in [0.4, 0.5) is 4.79 Å². The summed E-state index contributed by atoms with van der Waals surface area (Å²) in [6.07, 6.45) is 2.69. The van der Waals surface area contributed by atoms with Crippen molar-refractivity contribution < 1.29 is 28.4 Å². The van der Waals surface area contributed by atoms with Crippen LogP contribution < -0.4 is 5.32 Å². The molecule has 2 heterocycles. The average molecular weight is 455 g/mol. The minimum absolute atomic E-state index is 0.0833. The third kappa shape index (κ3) is 5.64. The molecule has 1 aromatic heterocycles. The van der Waals surface area contributed by atoms with Gasteiger partial charge in [0.05, 0.1) is 24.5 Å². The molecule has 1 N–H and O–H groups in total. The van der Waals surface area contributed by atoms with Crippen molar-refractivity contribution in [1.29, 1.82) is 0 Å². The summed E-state index contributed by atoms with van der Waals surface area (Å²) < 4.78 is 24.0. The second-order valence-electron chi connectivity index (χ2n) is 8.79. The number of methoxy groups -OCH3 is 1. The summed E-state index contributed by atoms with van der Waals surface area (Å²) in [6, 6.07) is 9.40. The number of nitrogens with zero attached hydrogens (tertiary/aromatic N) is 2. The number of ether oxygens (including phenoxy) is 2. The van der Waals surface area contributed by atoms with Gasteiger partial charge in [0.1, 0.15) is 6.61 Å². The molecule has 0 unspecified atom stereocenters. The minimum Gasteiger partial charge on any atom is -0.464 e. The van der Waals surface area contributed by atoms with E-state index >= 15 is 0 Å². The largest absolute Gasteiger partial charge is 0.492 e. The van der Waals surface area contributed by atoms with E-state index < -0.39 is 30.4 Å². The lowest BCUT2D eigenvalue weighted by Crippen LogP contribution is -2.41. The lowest BCUT2D eigenvalue weighted by Gasteiger charge is -2.32. The Morgan fingerprint density at radius 2 is 1.79 bits per heavy atom. The van der Waals surface area contributed by atoms with E-state index in [1.54, 1.807) is 19.3 Å². The third-order valence-electron chi connectivity index (χ3n) is 5.89. The number of alkyl carbamates (subject to hydrolysis) is 1. The molecular formula is C23H30BN3O6. The highest BCUT2D eigenvalue weighted by Gasteiger charge is 2.52. The maximum absolute atomic E-state index is 12.3. The highest BCUT2D eigenvalue weighted by molar-refractivity contribution is 6.56. The zero-order valence-corrected chi connectivity index (χ0v) is 19.9. The maximum Gasteiger partial charge on any atom is 0.492 e. The van der Waals surface area contributed by atoms with Crippen LogP contribution in [0.5, 0.6) is 0 Å². The van der Waals surface area contributed by atoms with Crippen molar-refractivity contribution in [3.8, 4) is 0 Å². The molecule has 2 aromatic rings. The second kappa shape index (κ2) is 9.80. The molecule has 176 valence electrons. The molecule has 0 aliphatic carbocycles. The molecule has 1 fully saturated rings. The molecule has 0 saturated carbocycles. The second-order valence-corrected chi connectivity index (χ2v) is 8.79. The summed E-state index contributed by atoms with van der Waals surface area (Å²) in [7, 11) is 2.22. The van der Waals surface area contributed by atoms with Crippen molar-refractivity contribution in [1.82, 2.24) is 15.1 Å². The Morgan fingerprint density at radius 1 is 1.15 bits per heavy atom. The van der Waals surface area contributed by atoms with E-state index in [9.17, 15) is 9.59 Å². The predicted molar refractivity (Wildman–Crippen MR) is 123 cm³/mol. The highest BCUT2D eigenvalue weighted by Crippen LogP contribution is 2.38. The first-order valence-corrected chi connectivity index (χ1v) is 10.6. The fraction of sp³-hybridized carbons (Fsp3) is 0.435. The summed E-state index contributed by atoms with van der Waals surface area (Å²) in [6.45, 7) is 8.00. The van der Waals surface area contributed by atoms with Crippen molar-refractivity contribution in [2.24, 2.45) is 7.05 Å². The molecule has 1 aliphatic rings. The van der Waals surface area contributed by atoms with Gasteiger partial charge in [-0.1, -0.05) is 36.4 Å². The van der Waals surface area contributed by atoms with E-state index in [1.807, 2.05) is 58.0 Å². The third-order valence-corrected chi connectivity index (χ3v) is 5.89. The Balaban J connectivity index is 1.80. The molecule has 0 spiro atoms. The van der Waals surface area contributed by atoms with Gasteiger partial charge in [0.2, 0.25) is 0 Å². The molecule has 1 amide bonds. The standard InChI is InChI=1S/C23H30BN3O6/c1-22(2)23(3,4)33-24(32-22)18(12-17-13-26-27(5)19(17)20(28)30-6)14-25-21(29)31-15-16-10-8-7-9-11-16/h7-13H,14-15H2,1-6H3,(H,25,29). The van der Waals surface area contributed by atoms with Gasteiger partial charge in [-0.05, 0) is 38.7 Å². The number of nitrogens with one attached hydrogen (secondary N) is 1. The SMILES string of the molecule is COC(=O)c1c(C=C(CNC(=O)OCc2ccccc2)B2OC(C)(C)C(C)(C)O2)cnn1C. The molecule has 0 atom stereocenters. The number of benzene rings is 1. The van der Waals surface area contributed by atoms with Gasteiger partial charge >= 0.3 is 19.2 Å². The maximum atomic E-state index is 12.3. The molecule has 9 nitrogen and oxygen atoms in total. The Kier molecular flexibility index (Phi) is 7.29. The average Bonchev–Trinajstić information content (AvgIpc) is 3.24. The Labute approximate surface area is 194 Å². The molecule has 1 aromatic carbocycles. The fourth-order valence-electron chi connectivity index (χ4n) is 3.25. The van der Waals surface area contributed by atoms with E-state index in [0.29, 0.717) is 11.0 Å². The molecule has 10 heteroatoms. The van der Waals surface area contributed by atoms with Gasteiger partial charge in [-0.2, -0.15) is 5.10 Å². The number of aryl methyl sites for hydroxylation is 1. The first kappa shape index (κ1) is 24.5. The van der Waals surface area contributed by atoms with Crippen molar-refractivity contribution in [3.63, 3.8) is 0 Å². The van der Waals surface area contributed by atoms with Crippen LogP contribution in [0.2, 0.25) is 0 Å². The van der Waals surface area contributed by atoms with Crippen molar-refractivity contribution >= 4 is 25.3 Å². The van der Waals surface area contributed by atoms with Crippen LogP contribution in [0.3, 0.4) is 0 Å². The summed E-state index contributed by atoms with van der Waals surface area (Å²) in [5, 5.41) is 6.90. The number of aromatic nitrogens is 2. The van der Waals surface area contributed by atoms with Gasteiger partial charge in [0, 0.05) is 19.2 Å². The summed E-state index contributed by atoms with van der Waals surface area (Å²) in [5.41, 5.74) is 1.12. The Bertz CT molecular complexity index is 1020. The molecule has 1 saturated heterocycles. The summed E-state index contributed by atoms with van der Waals surface area (Å²) in [4.78, 5) is 24.6. The minimum atomic E-state index is -0.741. The van der Waals surface area contributed by atoms with Gasteiger partial charge in [0.15, 0.2) is 5.69 Å². The van der Waals surface area contributed by atoms with Crippen LogP contribution in [0, 0.1) is 0 Å².